The van der Waals surface area contributed by atoms with Crippen molar-refractivity contribution >= 4 is 23.4 Å². The number of halogens is 1. The van der Waals surface area contributed by atoms with E-state index in [-0.39, 0.29) is 11.3 Å². The Morgan fingerprint density at radius 3 is 2.80 bits per heavy atom. The molecule has 5 heteroatoms. The number of anilines is 1. The minimum Gasteiger partial charge on any atom is -0.478 e. The molecule has 0 aliphatic carbocycles. The van der Waals surface area contributed by atoms with Crippen LogP contribution in [0.15, 0.2) is 17.0 Å². The van der Waals surface area contributed by atoms with Gasteiger partial charge in [0.25, 0.3) is 0 Å². The molecule has 1 aromatic carbocycles. The summed E-state index contributed by atoms with van der Waals surface area (Å²) < 4.78 is 13.0. The van der Waals surface area contributed by atoms with Gasteiger partial charge in [0.05, 0.1) is 11.3 Å². The first kappa shape index (κ1) is 11.8. The van der Waals surface area contributed by atoms with Gasteiger partial charge < -0.3 is 10.8 Å². The van der Waals surface area contributed by atoms with Gasteiger partial charge in [-0.05, 0) is 24.3 Å². The molecule has 0 spiro atoms. The lowest BCUT2D eigenvalue weighted by molar-refractivity contribution is 0.0694. The molecule has 0 atom stereocenters. The van der Waals surface area contributed by atoms with Crippen LogP contribution in [-0.2, 0) is 0 Å². The van der Waals surface area contributed by atoms with Crippen LogP contribution in [0.2, 0.25) is 0 Å². The number of hydrogen-bond donors (Lipinski definition) is 2. The summed E-state index contributed by atoms with van der Waals surface area (Å²) in [4.78, 5) is 11.4. The zero-order valence-corrected chi connectivity index (χ0v) is 9.10. The molecule has 0 aromatic heterocycles. The lowest BCUT2D eigenvalue weighted by Crippen LogP contribution is -2.06. The number of aromatic carboxylic acids is 1. The lowest BCUT2D eigenvalue weighted by Gasteiger charge is -2.08. The van der Waals surface area contributed by atoms with E-state index < -0.39 is 11.8 Å². The number of benzene rings is 1. The minimum absolute atomic E-state index is 0.131. The van der Waals surface area contributed by atoms with Crippen LogP contribution in [0.3, 0.4) is 0 Å². The van der Waals surface area contributed by atoms with Crippen LogP contribution in [-0.4, -0.2) is 16.8 Å². The van der Waals surface area contributed by atoms with Gasteiger partial charge in [-0.15, -0.1) is 11.8 Å². The molecule has 0 radical (unpaired) electrons. The number of carboxylic acids is 1. The molecule has 0 unspecified atom stereocenters. The molecule has 82 valence electrons. The molecule has 0 aliphatic heterocycles. The number of thioether (sulfide) groups is 1. The van der Waals surface area contributed by atoms with Crippen LogP contribution in [0, 0.1) is 5.82 Å². The van der Waals surface area contributed by atoms with Gasteiger partial charge in [0, 0.05) is 4.90 Å². The second-order valence-electron chi connectivity index (χ2n) is 2.99. The fourth-order valence-electron chi connectivity index (χ4n) is 1.13. The zero-order chi connectivity index (χ0) is 11.4. The Morgan fingerprint density at radius 1 is 1.60 bits per heavy atom. The van der Waals surface area contributed by atoms with Crippen molar-refractivity contribution in [1.82, 2.24) is 0 Å². The second kappa shape index (κ2) is 5.02. The van der Waals surface area contributed by atoms with Gasteiger partial charge in [-0.1, -0.05) is 6.92 Å². The standard InChI is InChI=1S/C10H12FNO2S/c1-2-5-15-7-4-3-6(11)9(12)8(7)10(13)14/h3-4H,2,5,12H2,1H3,(H,13,14). The predicted molar refractivity (Wildman–Crippen MR) is 58.8 cm³/mol. The maximum atomic E-state index is 13.0. The molecule has 15 heavy (non-hydrogen) atoms. The van der Waals surface area contributed by atoms with Crippen molar-refractivity contribution in [3.8, 4) is 0 Å². The molecule has 0 fully saturated rings. The fraction of sp³-hybridized carbons (Fsp3) is 0.300. The summed E-state index contributed by atoms with van der Waals surface area (Å²) in [5, 5.41) is 8.91. The van der Waals surface area contributed by atoms with Crippen molar-refractivity contribution < 1.29 is 14.3 Å². The molecule has 0 saturated carbocycles. The summed E-state index contributed by atoms with van der Waals surface area (Å²) in [6, 6.07) is 2.65. The van der Waals surface area contributed by atoms with Crippen LogP contribution in [0.5, 0.6) is 0 Å². The van der Waals surface area contributed by atoms with Crippen molar-refractivity contribution in [2.75, 3.05) is 11.5 Å². The van der Waals surface area contributed by atoms with Gasteiger partial charge in [-0.25, -0.2) is 9.18 Å². The Kier molecular flexibility index (Phi) is 3.96. The summed E-state index contributed by atoms with van der Waals surface area (Å²) in [7, 11) is 0. The molecular weight excluding hydrogens is 217 g/mol. The second-order valence-corrected chi connectivity index (χ2v) is 4.12. The van der Waals surface area contributed by atoms with Gasteiger partial charge >= 0.3 is 5.97 Å². The SMILES string of the molecule is CCCSc1ccc(F)c(N)c1C(=O)O. The Labute approximate surface area is 91.5 Å². The Bertz CT molecular complexity index is 382. The maximum Gasteiger partial charge on any atom is 0.339 e. The van der Waals surface area contributed by atoms with Crippen molar-refractivity contribution in [3.05, 3.63) is 23.5 Å². The number of rotatable bonds is 4. The summed E-state index contributed by atoms with van der Waals surface area (Å²) in [6.07, 6.45) is 0.918. The van der Waals surface area contributed by atoms with Crippen LogP contribution >= 0.6 is 11.8 Å². The highest BCUT2D eigenvalue weighted by Gasteiger charge is 2.17. The molecule has 0 bridgehead atoms. The van der Waals surface area contributed by atoms with Crippen LogP contribution < -0.4 is 5.73 Å². The minimum atomic E-state index is -1.19. The quantitative estimate of drug-likeness (QED) is 0.615. The van der Waals surface area contributed by atoms with E-state index in [9.17, 15) is 9.18 Å². The van der Waals surface area contributed by atoms with Crippen LogP contribution in [0.1, 0.15) is 23.7 Å². The Morgan fingerprint density at radius 2 is 2.27 bits per heavy atom. The van der Waals surface area contributed by atoms with Gasteiger partial charge in [0.2, 0.25) is 0 Å². The lowest BCUT2D eigenvalue weighted by atomic mass is 10.2. The highest BCUT2D eigenvalue weighted by atomic mass is 32.2. The average Bonchev–Trinajstić information content (AvgIpc) is 2.19. The highest BCUT2D eigenvalue weighted by molar-refractivity contribution is 7.99. The van der Waals surface area contributed by atoms with Crippen molar-refractivity contribution in [2.45, 2.75) is 18.2 Å². The first-order chi connectivity index (χ1) is 7.07. The average molecular weight is 229 g/mol. The number of nitrogens with two attached hydrogens (primary N) is 1. The molecule has 3 nitrogen and oxygen atoms in total. The van der Waals surface area contributed by atoms with E-state index in [0.29, 0.717) is 4.90 Å². The summed E-state index contributed by atoms with van der Waals surface area (Å²) in [6.45, 7) is 1.99. The third-order valence-corrected chi connectivity index (χ3v) is 3.09. The maximum absolute atomic E-state index is 13.0. The van der Waals surface area contributed by atoms with E-state index >= 15 is 0 Å². The molecule has 1 aromatic rings. The highest BCUT2D eigenvalue weighted by Crippen LogP contribution is 2.29. The van der Waals surface area contributed by atoms with Gasteiger partial charge in [0.1, 0.15) is 5.82 Å². The molecular formula is C10H12FNO2S. The molecule has 0 heterocycles. The number of hydrogen-bond acceptors (Lipinski definition) is 3. The number of carboxylic acid groups (broad SMARTS) is 1. The topological polar surface area (TPSA) is 63.3 Å². The fourth-order valence-corrected chi connectivity index (χ4v) is 2.06. The molecule has 0 amide bonds. The van der Waals surface area contributed by atoms with E-state index in [0.717, 1.165) is 12.2 Å². The molecule has 3 N–H and O–H groups in total. The first-order valence-corrected chi connectivity index (χ1v) is 5.50. The largest absolute Gasteiger partial charge is 0.478 e. The van der Waals surface area contributed by atoms with E-state index in [1.165, 1.54) is 23.9 Å². The van der Waals surface area contributed by atoms with Gasteiger partial charge in [-0.3, -0.25) is 0 Å². The Hall–Kier alpha value is -1.23. The van der Waals surface area contributed by atoms with E-state index in [1.54, 1.807) is 0 Å². The monoisotopic (exact) mass is 229 g/mol. The van der Waals surface area contributed by atoms with Gasteiger partial charge in [0.15, 0.2) is 0 Å². The normalized spacial score (nSPS) is 10.3. The molecule has 0 aliphatic rings. The van der Waals surface area contributed by atoms with E-state index in [1.807, 2.05) is 6.92 Å². The van der Waals surface area contributed by atoms with Crippen molar-refractivity contribution in [2.24, 2.45) is 0 Å². The first-order valence-electron chi connectivity index (χ1n) is 4.52. The third kappa shape index (κ3) is 2.62. The zero-order valence-electron chi connectivity index (χ0n) is 8.29. The summed E-state index contributed by atoms with van der Waals surface area (Å²) in [5.41, 5.74) is 4.97. The smallest absolute Gasteiger partial charge is 0.339 e. The van der Waals surface area contributed by atoms with Crippen LogP contribution in [0.25, 0.3) is 0 Å². The molecule has 1 rings (SSSR count). The van der Waals surface area contributed by atoms with E-state index in [4.69, 9.17) is 10.8 Å². The van der Waals surface area contributed by atoms with E-state index in [2.05, 4.69) is 0 Å². The third-order valence-electron chi connectivity index (χ3n) is 1.83. The summed E-state index contributed by atoms with van der Waals surface area (Å²) in [5.74, 6) is -1.09. The Balaban J connectivity index is 3.15. The molecule has 0 saturated heterocycles. The van der Waals surface area contributed by atoms with Crippen molar-refractivity contribution in [1.29, 1.82) is 0 Å². The summed E-state index contributed by atoms with van der Waals surface area (Å²) >= 11 is 1.37. The van der Waals surface area contributed by atoms with Crippen LogP contribution in [0.4, 0.5) is 10.1 Å². The predicted octanol–water partition coefficient (Wildman–Crippen LogP) is 2.61. The van der Waals surface area contributed by atoms with Crippen molar-refractivity contribution in [3.63, 3.8) is 0 Å². The number of nitrogen functional groups attached to an aromatic ring is 1. The number of carbonyl (C=O) groups is 1. The van der Waals surface area contributed by atoms with Gasteiger partial charge in [-0.2, -0.15) is 0 Å².